The number of aldehydes is 1. The first kappa shape index (κ1) is 16.1. The van der Waals surface area contributed by atoms with E-state index in [1.54, 1.807) is 18.3 Å². The van der Waals surface area contributed by atoms with E-state index in [2.05, 4.69) is 0 Å². The van der Waals surface area contributed by atoms with Gasteiger partial charge in [-0.3, -0.25) is 9.59 Å². The van der Waals surface area contributed by atoms with E-state index in [9.17, 15) is 9.59 Å². The molecule has 1 aliphatic rings. The molecule has 1 amide bonds. The standard InChI is InChI=1S/C18H21ClN2O2/c1-20(15-5-3-2-4-6-15)18(23)11-21-10-13(12-22)16-9-14(19)7-8-17(16)21/h7-10,12,15H,2-6,11H2,1H3. The topological polar surface area (TPSA) is 42.3 Å². The van der Waals surface area contributed by atoms with Gasteiger partial charge in [0.05, 0.1) is 0 Å². The lowest BCUT2D eigenvalue weighted by atomic mass is 9.94. The minimum atomic E-state index is 0.0844. The summed E-state index contributed by atoms with van der Waals surface area (Å²) < 4.78 is 1.84. The lowest BCUT2D eigenvalue weighted by Gasteiger charge is -2.31. The van der Waals surface area contributed by atoms with Crippen LogP contribution in [0.15, 0.2) is 24.4 Å². The molecule has 0 saturated heterocycles. The normalized spacial score (nSPS) is 15.7. The zero-order valence-corrected chi connectivity index (χ0v) is 14.1. The summed E-state index contributed by atoms with van der Waals surface area (Å²) >= 11 is 6.01. The number of likely N-dealkylation sites (N-methyl/N-ethyl adjacent to an activating group) is 1. The van der Waals surface area contributed by atoms with Crippen molar-refractivity contribution < 1.29 is 9.59 Å². The molecule has 1 aromatic carbocycles. The second kappa shape index (κ2) is 6.75. The third-order valence-corrected chi connectivity index (χ3v) is 5.06. The van der Waals surface area contributed by atoms with Crippen LogP contribution in [0.2, 0.25) is 5.02 Å². The fourth-order valence-corrected chi connectivity index (χ4v) is 3.62. The van der Waals surface area contributed by atoms with Gasteiger partial charge in [-0.05, 0) is 31.0 Å². The molecule has 1 saturated carbocycles. The van der Waals surface area contributed by atoms with E-state index in [4.69, 9.17) is 11.6 Å². The molecule has 1 heterocycles. The van der Waals surface area contributed by atoms with Gasteiger partial charge in [0.25, 0.3) is 0 Å². The van der Waals surface area contributed by atoms with Crippen molar-refractivity contribution in [1.29, 1.82) is 0 Å². The number of rotatable bonds is 4. The Morgan fingerprint density at radius 2 is 2.09 bits per heavy atom. The highest BCUT2D eigenvalue weighted by molar-refractivity contribution is 6.31. The maximum atomic E-state index is 12.6. The van der Waals surface area contributed by atoms with Crippen LogP contribution in [-0.4, -0.2) is 34.7 Å². The highest BCUT2D eigenvalue weighted by Crippen LogP contribution is 2.25. The van der Waals surface area contributed by atoms with E-state index < -0.39 is 0 Å². The van der Waals surface area contributed by atoms with Gasteiger partial charge >= 0.3 is 0 Å². The average Bonchev–Trinajstić information content (AvgIpc) is 2.91. The first-order valence-corrected chi connectivity index (χ1v) is 8.47. The van der Waals surface area contributed by atoms with Crippen LogP contribution < -0.4 is 0 Å². The molecule has 5 heteroatoms. The number of carbonyl (C=O) groups is 2. The van der Waals surface area contributed by atoms with E-state index in [-0.39, 0.29) is 12.5 Å². The predicted molar refractivity (Wildman–Crippen MR) is 92.0 cm³/mol. The molecule has 3 rings (SSSR count). The van der Waals surface area contributed by atoms with Crippen molar-refractivity contribution in [2.75, 3.05) is 7.05 Å². The molecular formula is C18H21ClN2O2. The SMILES string of the molecule is CN(C(=O)Cn1cc(C=O)c2cc(Cl)ccc21)C1CCCCC1. The summed E-state index contributed by atoms with van der Waals surface area (Å²) in [7, 11) is 1.89. The number of hydrogen-bond acceptors (Lipinski definition) is 2. The highest BCUT2D eigenvalue weighted by atomic mass is 35.5. The molecule has 1 aliphatic carbocycles. The summed E-state index contributed by atoms with van der Waals surface area (Å²) in [5, 5.41) is 1.38. The molecule has 0 radical (unpaired) electrons. The molecule has 2 aromatic rings. The van der Waals surface area contributed by atoms with Gasteiger partial charge in [0.2, 0.25) is 5.91 Å². The summed E-state index contributed by atoms with van der Waals surface area (Å²) in [5.74, 6) is 0.0844. The van der Waals surface area contributed by atoms with Crippen molar-refractivity contribution >= 4 is 34.7 Å². The maximum Gasteiger partial charge on any atom is 0.242 e. The van der Waals surface area contributed by atoms with Gasteiger partial charge in [-0.1, -0.05) is 30.9 Å². The van der Waals surface area contributed by atoms with Crippen LogP contribution in [-0.2, 0) is 11.3 Å². The number of benzene rings is 1. The van der Waals surface area contributed by atoms with Crippen molar-refractivity contribution in [3.05, 3.63) is 35.0 Å². The van der Waals surface area contributed by atoms with E-state index in [1.807, 2.05) is 22.6 Å². The first-order chi connectivity index (χ1) is 11.1. The van der Waals surface area contributed by atoms with Crippen molar-refractivity contribution in [2.24, 2.45) is 0 Å². The van der Waals surface area contributed by atoms with Gasteiger partial charge in [0.15, 0.2) is 6.29 Å². The van der Waals surface area contributed by atoms with Gasteiger partial charge in [-0.15, -0.1) is 0 Å². The maximum absolute atomic E-state index is 12.6. The Hall–Kier alpha value is -1.81. The third-order valence-electron chi connectivity index (χ3n) is 4.82. The number of hydrogen-bond donors (Lipinski definition) is 0. The number of nitrogens with zero attached hydrogens (tertiary/aromatic N) is 2. The van der Waals surface area contributed by atoms with Crippen molar-refractivity contribution in [3.63, 3.8) is 0 Å². The van der Waals surface area contributed by atoms with Crippen LogP contribution in [0.1, 0.15) is 42.5 Å². The van der Waals surface area contributed by atoms with Crippen LogP contribution in [0.5, 0.6) is 0 Å². The quantitative estimate of drug-likeness (QED) is 0.797. The molecule has 0 unspecified atom stereocenters. The monoisotopic (exact) mass is 332 g/mol. The minimum Gasteiger partial charge on any atom is -0.341 e. The Bertz CT molecular complexity index is 732. The van der Waals surface area contributed by atoms with Crippen molar-refractivity contribution in [1.82, 2.24) is 9.47 Å². The summed E-state index contributed by atoms with van der Waals surface area (Å²) in [6.45, 7) is 0.249. The number of fused-ring (bicyclic) bond motifs is 1. The summed E-state index contributed by atoms with van der Waals surface area (Å²) in [6.07, 6.45) is 8.38. The molecule has 0 bridgehead atoms. The van der Waals surface area contributed by atoms with Gasteiger partial charge in [-0.25, -0.2) is 0 Å². The molecule has 1 fully saturated rings. The molecule has 122 valence electrons. The Balaban J connectivity index is 1.83. The molecule has 23 heavy (non-hydrogen) atoms. The van der Waals surface area contributed by atoms with Crippen molar-refractivity contribution in [3.8, 4) is 0 Å². The largest absolute Gasteiger partial charge is 0.341 e. The summed E-state index contributed by atoms with van der Waals surface area (Å²) in [4.78, 5) is 25.7. The van der Waals surface area contributed by atoms with Gasteiger partial charge < -0.3 is 9.47 Å². The van der Waals surface area contributed by atoms with Crippen LogP contribution >= 0.6 is 11.6 Å². The van der Waals surface area contributed by atoms with E-state index >= 15 is 0 Å². The van der Waals surface area contributed by atoms with E-state index in [0.717, 1.165) is 30.0 Å². The lowest BCUT2D eigenvalue weighted by molar-refractivity contribution is -0.133. The second-order valence-electron chi connectivity index (χ2n) is 6.29. The van der Waals surface area contributed by atoms with Crippen molar-refractivity contribution in [2.45, 2.75) is 44.7 Å². The van der Waals surface area contributed by atoms with Gasteiger partial charge in [-0.2, -0.15) is 0 Å². The molecule has 1 aromatic heterocycles. The highest BCUT2D eigenvalue weighted by Gasteiger charge is 2.22. The lowest BCUT2D eigenvalue weighted by Crippen LogP contribution is -2.40. The molecule has 0 spiro atoms. The number of carbonyl (C=O) groups excluding carboxylic acids is 2. The van der Waals surface area contributed by atoms with Crippen LogP contribution in [0, 0.1) is 0 Å². The number of halogens is 1. The fraction of sp³-hybridized carbons (Fsp3) is 0.444. The second-order valence-corrected chi connectivity index (χ2v) is 6.72. The van der Waals surface area contributed by atoms with Crippen LogP contribution in [0.3, 0.4) is 0 Å². The number of aromatic nitrogens is 1. The molecule has 0 aliphatic heterocycles. The zero-order valence-electron chi connectivity index (χ0n) is 13.3. The van der Waals surface area contributed by atoms with Gasteiger partial charge in [0, 0.05) is 40.8 Å². The minimum absolute atomic E-state index is 0.0844. The average molecular weight is 333 g/mol. The third kappa shape index (κ3) is 3.27. The van der Waals surface area contributed by atoms with Gasteiger partial charge in [0.1, 0.15) is 6.54 Å². The Morgan fingerprint density at radius 3 is 2.78 bits per heavy atom. The Morgan fingerprint density at radius 1 is 1.35 bits per heavy atom. The smallest absolute Gasteiger partial charge is 0.242 e. The molecule has 4 nitrogen and oxygen atoms in total. The van der Waals surface area contributed by atoms with E-state index in [0.29, 0.717) is 16.6 Å². The Labute approximate surface area is 141 Å². The molecular weight excluding hydrogens is 312 g/mol. The zero-order chi connectivity index (χ0) is 16.4. The van der Waals surface area contributed by atoms with Crippen LogP contribution in [0.25, 0.3) is 10.9 Å². The molecule has 0 atom stereocenters. The van der Waals surface area contributed by atoms with E-state index in [1.165, 1.54) is 19.3 Å². The summed E-state index contributed by atoms with van der Waals surface area (Å²) in [5.41, 5.74) is 1.43. The Kier molecular flexibility index (Phi) is 4.71. The predicted octanol–water partition coefficient (Wildman–Crippen LogP) is 3.90. The summed E-state index contributed by atoms with van der Waals surface area (Å²) in [6, 6.07) is 5.76. The van der Waals surface area contributed by atoms with Crippen LogP contribution in [0.4, 0.5) is 0 Å². The molecule has 0 N–H and O–H groups in total. The number of amides is 1. The fourth-order valence-electron chi connectivity index (χ4n) is 3.45. The first-order valence-electron chi connectivity index (χ1n) is 8.09.